The molecule has 3 heterocycles. The molecule has 0 radical (unpaired) electrons. The van der Waals surface area contributed by atoms with Crippen LogP contribution >= 0.6 is 0 Å². The highest BCUT2D eigenvalue weighted by molar-refractivity contribution is 5.90. The quantitative estimate of drug-likeness (QED) is 0.753. The molecular formula is C17H15N5O3. The van der Waals surface area contributed by atoms with E-state index in [-0.39, 0.29) is 18.3 Å². The number of benzene rings is 1. The minimum Gasteiger partial charge on any atom is -0.486 e. The summed E-state index contributed by atoms with van der Waals surface area (Å²) in [6.45, 7) is 1.05. The summed E-state index contributed by atoms with van der Waals surface area (Å²) in [5, 5.41) is 10.6. The number of carbonyl (C=O) groups is 1. The van der Waals surface area contributed by atoms with Gasteiger partial charge in [0, 0.05) is 6.20 Å². The predicted octanol–water partition coefficient (Wildman–Crippen LogP) is 1.82. The molecule has 0 saturated heterocycles. The van der Waals surface area contributed by atoms with Gasteiger partial charge in [0.15, 0.2) is 17.3 Å². The molecule has 25 heavy (non-hydrogen) atoms. The molecule has 0 unspecified atom stereocenters. The molecule has 8 heteroatoms. The van der Waals surface area contributed by atoms with Crippen molar-refractivity contribution < 1.29 is 14.3 Å². The average molecular weight is 337 g/mol. The van der Waals surface area contributed by atoms with E-state index in [1.807, 2.05) is 30.3 Å². The fourth-order valence-electron chi connectivity index (χ4n) is 2.50. The van der Waals surface area contributed by atoms with Crippen molar-refractivity contribution in [2.24, 2.45) is 0 Å². The number of H-pyrrole nitrogens is 1. The molecule has 2 aromatic heterocycles. The van der Waals surface area contributed by atoms with Gasteiger partial charge in [-0.2, -0.15) is 0 Å². The van der Waals surface area contributed by atoms with Crippen LogP contribution in [-0.2, 0) is 11.2 Å². The van der Waals surface area contributed by atoms with Crippen LogP contribution in [0.25, 0.3) is 11.5 Å². The Bertz CT molecular complexity index is 894. The minimum absolute atomic E-state index is 0.191. The number of aromatic amines is 1. The lowest BCUT2D eigenvalue weighted by atomic mass is 10.1. The van der Waals surface area contributed by atoms with Crippen LogP contribution in [0.2, 0.25) is 0 Å². The molecule has 8 nitrogen and oxygen atoms in total. The van der Waals surface area contributed by atoms with Gasteiger partial charge in [-0.1, -0.05) is 12.1 Å². The van der Waals surface area contributed by atoms with Gasteiger partial charge in [0.05, 0.1) is 6.42 Å². The molecule has 0 aliphatic carbocycles. The monoisotopic (exact) mass is 337 g/mol. The lowest BCUT2D eigenvalue weighted by Gasteiger charge is -2.18. The van der Waals surface area contributed by atoms with Gasteiger partial charge in [-0.3, -0.25) is 15.1 Å². The second kappa shape index (κ2) is 6.60. The highest BCUT2D eigenvalue weighted by atomic mass is 16.6. The third-order valence-corrected chi connectivity index (χ3v) is 3.62. The molecule has 1 amide bonds. The molecule has 0 bridgehead atoms. The Morgan fingerprint density at radius 2 is 2.00 bits per heavy atom. The SMILES string of the molecule is O=C(Cc1ccc2c(c1)OCCO2)Nc1nnc(-c2ccccn2)[nH]1. The van der Waals surface area contributed by atoms with E-state index in [9.17, 15) is 4.79 Å². The third kappa shape index (κ3) is 3.42. The Kier molecular flexibility index (Phi) is 3.99. The Balaban J connectivity index is 1.42. The fraction of sp³-hybridized carbons (Fsp3) is 0.176. The zero-order chi connectivity index (χ0) is 17.1. The maximum absolute atomic E-state index is 12.2. The van der Waals surface area contributed by atoms with Crippen LogP contribution in [0.3, 0.4) is 0 Å². The van der Waals surface area contributed by atoms with Gasteiger partial charge >= 0.3 is 0 Å². The molecule has 4 rings (SSSR count). The summed E-state index contributed by atoms with van der Waals surface area (Å²) in [6, 6.07) is 10.9. The molecule has 1 aliphatic heterocycles. The first-order valence-corrected chi connectivity index (χ1v) is 7.80. The number of nitrogens with zero attached hydrogens (tertiary/aromatic N) is 3. The smallest absolute Gasteiger partial charge is 0.231 e. The molecule has 126 valence electrons. The number of nitrogens with one attached hydrogen (secondary N) is 2. The van der Waals surface area contributed by atoms with E-state index in [0.717, 1.165) is 5.56 Å². The Morgan fingerprint density at radius 3 is 2.84 bits per heavy atom. The van der Waals surface area contributed by atoms with Gasteiger partial charge in [-0.15, -0.1) is 10.2 Å². The second-order valence-electron chi connectivity index (χ2n) is 5.44. The predicted molar refractivity (Wildman–Crippen MR) is 89.4 cm³/mol. The number of pyridine rings is 1. The average Bonchev–Trinajstić information content (AvgIpc) is 3.10. The maximum atomic E-state index is 12.2. The van der Waals surface area contributed by atoms with E-state index < -0.39 is 0 Å². The van der Waals surface area contributed by atoms with Crippen molar-refractivity contribution >= 4 is 11.9 Å². The summed E-state index contributed by atoms with van der Waals surface area (Å²) in [5.41, 5.74) is 1.48. The largest absolute Gasteiger partial charge is 0.486 e. The van der Waals surface area contributed by atoms with E-state index in [1.165, 1.54) is 0 Å². The van der Waals surface area contributed by atoms with Crippen LogP contribution in [0.5, 0.6) is 11.5 Å². The van der Waals surface area contributed by atoms with Crippen molar-refractivity contribution in [3.63, 3.8) is 0 Å². The van der Waals surface area contributed by atoms with Crippen LogP contribution in [0.4, 0.5) is 5.95 Å². The zero-order valence-electron chi connectivity index (χ0n) is 13.2. The first-order chi connectivity index (χ1) is 12.3. The van der Waals surface area contributed by atoms with E-state index >= 15 is 0 Å². The van der Waals surface area contributed by atoms with Crippen LogP contribution in [0.15, 0.2) is 42.6 Å². The lowest BCUT2D eigenvalue weighted by molar-refractivity contribution is -0.115. The summed E-state index contributed by atoms with van der Waals surface area (Å²) in [4.78, 5) is 19.3. The molecule has 1 aromatic carbocycles. The van der Waals surface area contributed by atoms with Gasteiger partial charge < -0.3 is 14.5 Å². The highest BCUT2D eigenvalue weighted by Crippen LogP contribution is 2.30. The van der Waals surface area contributed by atoms with Crippen molar-refractivity contribution in [3.8, 4) is 23.0 Å². The first kappa shape index (κ1) is 15.1. The van der Waals surface area contributed by atoms with Gasteiger partial charge in [0.1, 0.15) is 18.9 Å². The van der Waals surface area contributed by atoms with Crippen molar-refractivity contribution in [2.75, 3.05) is 18.5 Å². The molecular weight excluding hydrogens is 322 g/mol. The molecule has 0 saturated carbocycles. The van der Waals surface area contributed by atoms with Gasteiger partial charge in [0.2, 0.25) is 11.9 Å². The number of rotatable bonds is 4. The van der Waals surface area contributed by atoms with E-state index in [1.54, 1.807) is 12.3 Å². The summed E-state index contributed by atoms with van der Waals surface area (Å²) in [5.74, 6) is 1.93. The molecule has 0 fully saturated rings. The van der Waals surface area contributed by atoms with E-state index in [0.29, 0.717) is 36.2 Å². The summed E-state index contributed by atoms with van der Waals surface area (Å²) < 4.78 is 11.0. The molecule has 2 N–H and O–H groups in total. The van der Waals surface area contributed by atoms with Gasteiger partial charge in [-0.25, -0.2) is 0 Å². The number of anilines is 1. The minimum atomic E-state index is -0.208. The number of hydrogen-bond donors (Lipinski definition) is 2. The molecule has 3 aromatic rings. The Labute approximate surface area is 143 Å². The van der Waals surface area contributed by atoms with Crippen LogP contribution < -0.4 is 14.8 Å². The fourth-order valence-corrected chi connectivity index (χ4v) is 2.50. The molecule has 0 atom stereocenters. The standard InChI is InChI=1S/C17H15N5O3/c23-15(10-11-4-5-13-14(9-11)25-8-7-24-13)19-17-20-16(21-22-17)12-3-1-2-6-18-12/h1-6,9H,7-8,10H2,(H2,19,20,21,22,23). The van der Waals surface area contributed by atoms with Crippen molar-refractivity contribution in [2.45, 2.75) is 6.42 Å². The molecule has 0 spiro atoms. The number of amides is 1. The van der Waals surface area contributed by atoms with Gasteiger partial charge in [-0.05, 0) is 29.8 Å². The van der Waals surface area contributed by atoms with E-state index in [2.05, 4.69) is 25.5 Å². The van der Waals surface area contributed by atoms with Crippen LogP contribution in [0.1, 0.15) is 5.56 Å². The number of ether oxygens (including phenoxy) is 2. The van der Waals surface area contributed by atoms with Crippen molar-refractivity contribution in [1.82, 2.24) is 20.2 Å². The summed E-state index contributed by atoms with van der Waals surface area (Å²) in [6.07, 6.45) is 1.86. The Morgan fingerprint density at radius 1 is 1.12 bits per heavy atom. The Hall–Kier alpha value is -3.42. The third-order valence-electron chi connectivity index (χ3n) is 3.62. The van der Waals surface area contributed by atoms with Crippen molar-refractivity contribution in [3.05, 3.63) is 48.2 Å². The maximum Gasteiger partial charge on any atom is 0.231 e. The first-order valence-electron chi connectivity index (χ1n) is 7.80. The van der Waals surface area contributed by atoms with Gasteiger partial charge in [0.25, 0.3) is 0 Å². The number of carbonyl (C=O) groups excluding carboxylic acids is 1. The zero-order valence-corrected chi connectivity index (χ0v) is 13.2. The van der Waals surface area contributed by atoms with Crippen LogP contribution in [0, 0.1) is 0 Å². The molecule has 1 aliphatic rings. The normalized spacial score (nSPS) is 12.6. The van der Waals surface area contributed by atoms with Crippen LogP contribution in [-0.4, -0.2) is 39.3 Å². The summed E-state index contributed by atoms with van der Waals surface area (Å²) >= 11 is 0. The topological polar surface area (TPSA) is 102 Å². The lowest BCUT2D eigenvalue weighted by Crippen LogP contribution is -2.17. The second-order valence-corrected chi connectivity index (χ2v) is 5.44. The highest BCUT2D eigenvalue weighted by Gasteiger charge is 2.14. The number of aromatic nitrogens is 4. The van der Waals surface area contributed by atoms with Crippen molar-refractivity contribution in [1.29, 1.82) is 0 Å². The van der Waals surface area contributed by atoms with E-state index in [4.69, 9.17) is 9.47 Å². The number of fused-ring (bicyclic) bond motifs is 1. The number of hydrogen-bond acceptors (Lipinski definition) is 6. The summed E-state index contributed by atoms with van der Waals surface area (Å²) in [7, 11) is 0.